The van der Waals surface area contributed by atoms with Crippen LogP contribution in [-0.4, -0.2) is 47.1 Å². The predicted molar refractivity (Wildman–Crippen MR) is 113 cm³/mol. The minimum atomic E-state index is -0.896. The maximum Gasteiger partial charge on any atom is 0.257 e. The van der Waals surface area contributed by atoms with E-state index in [1.54, 1.807) is 20.0 Å². The van der Waals surface area contributed by atoms with Gasteiger partial charge in [0.1, 0.15) is 11.6 Å². The van der Waals surface area contributed by atoms with Gasteiger partial charge in [-0.05, 0) is 50.8 Å². The van der Waals surface area contributed by atoms with Gasteiger partial charge in [-0.1, -0.05) is 23.7 Å². The van der Waals surface area contributed by atoms with Crippen LogP contribution in [0.25, 0.3) is 0 Å². The minimum absolute atomic E-state index is 0.0831. The van der Waals surface area contributed by atoms with E-state index in [1.165, 1.54) is 0 Å². The molecular weight excluding hydrogens is 390 g/mol. The first-order valence-corrected chi connectivity index (χ1v) is 10.4. The van der Waals surface area contributed by atoms with Gasteiger partial charge in [-0.15, -0.1) is 0 Å². The second-order valence-electron chi connectivity index (χ2n) is 8.10. The van der Waals surface area contributed by atoms with E-state index in [4.69, 9.17) is 16.3 Å². The average Bonchev–Trinajstić information content (AvgIpc) is 2.73. The standard InChI is InChI=1S/C22H26ClN3O3/c1-22(2,28)15-6-8-16(9-7-15)26-12-13-29-19-18(23)17(14-24-20(19)26)21(27)25-10-4-3-5-11-25/h6-9,14,28H,3-5,10-13H2,1-2H3. The number of pyridine rings is 1. The van der Waals surface area contributed by atoms with Gasteiger partial charge in [-0.2, -0.15) is 0 Å². The van der Waals surface area contributed by atoms with Gasteiger partial charge < -0.3 is 19.6 Å². The number of hydrogen-bond acceptors (Lipinski definition) is 5. The number of amides is 1. The molecule has 29 heavy (non-hydrogen) atoms. The number of hydrogen-bond donors (Lipinski definition) is 1. The second-order valence-corrected chi connectivity index (χ2v) is 8.48. The number of aliphatic hydroxyl groups is 1. The molecule has 3 heterocycles. The molecule has 1 N–H and O–H groups in total. The van der Waals surface area contributed by atoms with Gasteiger partial charge in [-0.3, -0.25) is 4.79 Å². The number of benzene rings is 1. The summed E-state index contributed by atoms with van der Waals surface area (Å²) in [5.74, 6) is 0.972. The first-order chi connectivity index (χ1) is 13.9. The Labute approximate surface area is 176 Å². The predicted octanol–water partition coefficient (Wildman–Crippen LogP) is 4.12. The fourth-order valence-corrected chi connectivity index (χ4v) is 4.11. The first kappa shape index (κ1) is 20.0. The molecule has 0 radical (unpaired) electrons. The third kappa shape index (κ3) is 3.91. The van der Waals surface area contributed by atoms with Crippen molar-refractivity contribution in [3.8, 4) is 5.75 Å². The molecule has 1 aromatic carbocycles. The van der Waals surface area contributed by atoms with Crippen LogP contribution in [0.15, 0.2) is 30.5 Å². The van der Waals surface area contributed by atoms with Crippen LogP contribution in [0.2, 0.25) is 5.02 Å². The topological polar surface area (TPSA) is 65.9 Å². The van der Waals surface area contributed by atoms with Gasteiger partial charge in [0.2, 0.25) is 0 Å². The lowest BCUT2D eigenvalue weighted by molar-refractivity contribution is 0.0723. The van der Waals surface area contributed by atoms with Gasteiger partial charge in [0.05, 0.1) is 17.7 Å². The molecule has 0 spiro atoms. The number of likely N-dealkylation sites (tertiary alicyclic amines) is 1. The molecule has 1 fully saturated rings. The summed E-state index contributed by atoms with van der Waals surface area (Å²) in [5, 5.41) is 10.5. The highest BCUT2D eigenvalue weighted by atomic mass is 35.5. The smallest absolute Gasteiger partial charge is 0.257 e. The zero-order chi connectivity index (χ0) is 20.6. The van der Waals surface area contributed by atoms with Crippen LogP contribution in [0, 0.1) is 0 Å². The van der Waals surface area contributed by atoms with Crippen LogP contribution in [-0.2, 0) is 5.60 Å². The van der Waals surface area contributed by atoms with Crippen molar-refractivity contribution >= 4 is 29.0 Å². The molecule has 0 unspecified atom stereocenters. The summed E-state index contributed by atoms with van der Waals surface area (Å²) in [5.41, 5.74) is 1.27. The van der Waals surface area contributed by atoms with Crippen molar-refractivity contribution in [2.45, 2.75) is 38.7 Å². The van der Waals surface area contributed by atoms with Crippen molar-refractivity contribution in [3.05, 3.63) is 46.6 Å². The van der Waals surface area contributed by atoms with Crippen molar-refractivity contribution in [1.82, 2.24) is 9.88 Å². The fraction of sp³-hybridized carbons (Fsp3) is 0.455. The highest BCUT2D eigenvalue weighted by Crippen LogP contribution is 2.42. The number of fused-ring (bicyclic) bond motifs is 1. The van der Waals surface area contributed by atoms with Crippen molar-refractivity contribution in [2.75, 3.05) is 31.1 Å². The lowest BCUT2D eigenvalue weighted by atomic mass is 9.98. The van der Waals surface area contributed by atoms with Gasteiger partial charge in [0, 0.05) is 25.0 Å². The summed E-state index contributed by atoms with van der Waals surface area (Å²) in [4.78, 5) is 21.3. The monoisotopic (exact) mass is 415 g/mol. The molecule has 2 aliphatic heterocycles. The summed E-state index contributed by atoms with van der Waals surface area (Å²) >= 11 is 6.61. The normalized spacial score (nSPS) is 17.0. The number of carbonyl (C=O) groups excluding carboxylic acids is 1. The number of carbonyl (C=O) groups is 1. The molecule has 1 aromatic heterocycles. The number of nitrogens with zero attached hydrogens (tertiary/aromatic N) is 3. The number of anilines is 2. The van der Waals surface area contributed by atoms with E-state index < -0.39 is 5.60 Å². The van der Waals surface area contributed by atoms with Gasteiger partial charge >= 0.3 is 0 Å². The van der Waals surface area contributed by atoms with Crippen LogP contribution in [0.1, 0.15) is 49.0 Å². The van der Waals surface area contributed by atoms with E-state index in [0.717, 1.165) is 43.6 Å². The lowest BCUT2D eigenvalue weighted by Gasteiger charge is -2.32. The Balaban J connectivity index is 1.64. The fourth-order valence-electron chi connectivity index (χ4n) is 3.84. The Bertz CT molecular complexity index is 903. The maximum atomic E-state index is 12.9. The average molecular weight is 416 g/mol. The molecule has 0 bridgehead atoms. The molecule has 154 valence electrons. The molecule has 6 nitrogen and oxygen atoms in total. The van der Waals surface area contributed by atoms with E-state index in [0.29, 0.717) is 35.3 Å². The molecule has 1 saturated heterocycles. The minimum Gasteiger partial charge on any atom is -0.486 e. The van der Waals surface area contributed by atoms with E-state index in [1.807, 2.05) is 34.1 Å². The molecule has 0 aliphatic carbocycles. The van der Waals surface area contributed by atoms with E-state index in [-0.39, 0.29) is 5.91 Å². The summed E-state index contributed by atoms with van der Waals surface area (Å²) in [6.45, 7) is 6.10. The maximum absolute atomic E-state index is 12.9. The second kappa shape index (κ2) is 7.84. The molecule has 2 aliphatic rings. The van der Waals surface area contributed by atoms with Crippen LogP contribution in [0.4, 0.5) is 11.5 Å². The zero-order valence-electron chi connectivity index (χ0n) is 16.8. The SMILES string of the molecule is CC(C)(O)c1ccc(N2CCOc3c2ncc(C(=O)N2CCCCC2)c3Cl)cc1. The largest absolute Gasteiger partial charge is 0.486 e. The lowest BCUT2D eigenvalue weighted by Crippen LogP contribution is -2.36. The number of piperidine rings is 1. The van der Waals surface area contributed by atoms with Crippen LogP contribution >= 0.6 is 11.6 Å². The van der Waals surface area contributed by atoms with Crippen LogP contribution < -0.4 is 9.64 Å². The highest BCUT2D eigenvalue weighted by Gasteiger charge is 2.29. The number of aromatic nitrogens is 1. The molecule has 1 amide bonds. The Morgan fingerprint density at radius 2 is 1.83 bits per heavy atom. The van der Waals surface area contributed by atoms with E-state index >= 15 is 0 Å². The van der Waals surface area contributed by atoms with Crippen molar-refractivity contribution in [1.29, 1.82) is 0 Å². The Morgan fingerprint density at radius 1 is 1.14 bits per heavy atom. The summed E-state index contributed by atoms with van der Waals surface area (Å²) in [7, 11) is 0. The number of ether oxygens (including phenoxy) is 1. The quantitative estimate of drug-likeness (QED) is 0.816. The Hall–Kier alpha value is -2.31. The third-order valence-corrected chi connectivity index (χ3v) is 5.91. The highest BCUT2D eigenvalue weighted by molar-refractivity contribution is 6.35. The molecule has 0 atom stereocenters. The first-order valence-electron chi connectivity index (χ1n) is 10.1. The molecule has 0 saturated carbocycles. The molecule has 4 rings (SSSR count). The molecule has 7 heteroatoms. The van der Waals surface area contributed by atoms with E-state index in [9.17, 15) is 9.90 Å². The summed E-state index contributed by atoms with van der Waals surface area (Å²) < 4.78 is 5.82. The summed E-state index contributed by atoms with van der Waals surface area (Å²) in [6, 6.07) is 7.70. The molecule has 2 aromatic rings. The van der Waals surface area contributed by atoms with Crippen LogP contribution in [0.3, 0.4) is 0 Å². The zero-order valence-corrected chi connectivity index (χ0v) is 17.6. The van der Waals surface area contributed by atoms with Crippen molar-refractivity contribution < 1.29 is 14.6 Å². The van der Waals surface area contributed by atoms with Crippen molar-refractivity contribution in [3.63, 3.8) is 0 Å². The summed E-state index contributed by atoms with van der Waals surface area (Å²) in [6.07, 6.45) is 4.76. The van der Waals surface area contributed by atoms with Gasteiger partial charge in [0.15, 0.2) is 11.6 Å². The number of rotatable bonds is 3. The van der Waals surface area contributed by atoms with Gasteiger partial charge in [-0.25, -0.2) is 4.98 Å². The van der Waals surface area contributed by atoms with Crippen molar-refractivity contribution in [2.24, 2.45) is 0 Å². The Kier molecular flexibility index (Phi) is 5.40. The van der Waals surface area contributed by atoms with Gasteiger partial charge in [0.25, 0.3) is 5.91 Å². The van der Waals surface area contributed by atoms with Crippen LogP contribution in [0.5, 0.6) is 5.75 Å². The third-order valence-electron chi connectivity index (χ3n) is 5.53. The number of halogens is 1. The molecular formula is C22H26ClN3O3. The Morgan fingerprint density at radius 3 is 2.48 bits per heavy atom. The van der Waals surface area contributed by atoms with E-state index in [2.05, 4.69) is 4.98 Å².